The fourth-order valence-corrected chi connectivity index (χ4v) is 4.24. The van der Waals surface area contributed by atoms with Gasteiger partial charge in [0.15, 0.2) is 0 Å². The molecule has 110 valence electrons. The number of sulfone groups is 1. The minimum absolute atomic E-state index is 0.0358. The van der Waals surface area contributed by atoms with E-state index in [0.717, 1.165) is 32.2 Å². The summed E-state index contributed by atoms with van der Waals surface area (Å²) in [5.41, 5.74) is 0. The van der Waals surface area contributed by atoms with E-state index in [4.69, 9.17) is 0 Å². The molecule has 0 bridgehead atoms. The molecule has 0 aliphatic carbocycles. The smallest absolute Gasteiger partial charge is 0.148 e. The summed E-state index contributed by atoms with van der Waals surface area (Å²) >= 11 is 0. The first kappa shape index (κ1) is 18.1. The van der Waals surface area contributed by atoms with Gasteiger partial charge in [0, 0.05) is 34.6 Å². The van der Waals surface area contributed by atoms with Crippen LogP contribution in [0.1, 0.15) is 39.5 Å². The van der Waals surface area contributed by atoms with Gasteiger partial charge in [-0.25, -0.2) is 8.42 Å². The van der Waals surface area contributed by atoms with Crippen molar-refractivity contribution in [1.29, 1.82) is 0 Å². The summed E-state index contributed by atoms with van der Waals surface area (Å²) in [7, 11) is -3.96. The minimum Gasteiger partial charge on any atom is -0.314 e. The lowest BCUT2D eigenvalue weighted by atomic mass is 10.1. The van der Waals surface area contributed by atoms with Gasteiger partial charge in [-0.15, -0.1) is 0 Å². The van der Waals surface area contributed by atoms with Crippen LogP contribution in [0.3, 0.4) is 0 Å². The summed E-state index contributed by atoms with van der Waals surface area (Å²) < 4.78 is 33.4. The summed E-state index contributed by atoms with van der Waals surface area (Å²) in [6, 6.07) is 0.509. The molecule has 0 saturated carbocycles. The fourth-order valence-electron chi connectivity index (χ4n) is 1.55. The van der Waals surface area contributed by atoms with Crippen molar-refractivity contribution < 1.29 is 12.6 Å². The highest BCUT2D eigenvalue weighted by Gasteiger charge is 2.07. The van der Waals surface area contributed by atoms with Gasteiger partial charge in [-0.1, -0.05) is 13.3 Å². The lowest BCUT2D eigenvalue weighted by Crippen LogP contribution is -2.26. The summed E-state index contributed by atoms with van der Waals surface area (Å²) in [4.78, 5) is 0. The molecular weight excluding hydrogens is 270 g/mol. The second kappa shape index (κ2) is 9.92. The molecule has 4 nitrogen and oxygen atoms in total. The van der Waals surface area contributed by atoms with Gasteiger partial charge in [-0.3, -0.25) is 4.21 Å². The minimum atomic E-state index is -2.98. The standard InChI is InChI=1S/C12H27NO3S2/c1-4-8-13-12(2)7-5-6-9-17(14)10-11-18(3,15)16/h12-13H,4-11H2,1-3H3. The summed E-state index contributed by atoms with van der Waals surface area (Å²) in [5.74, 6) is 0.937. The molecule has 2 unspecified atom stereocenters. The summed E-state index contributed by atoms with van der Waals surface area (Å²) in [6.07, 6.45) is 5.37. The van der Waals surface area contributed by atoms with Crippen LogP contribution in [-0.4, -0.2) is 48.7 Å². The van der Waals surface area contributed by atoms with Crippen LogP contribution in [0.15, 0.2) is 0 Å². The molecule has 0 aliphatic rings. The Hall–Kier alpha value is 0.0600. The Morgan fingerprint density at radius 2 is 1.89 bits per heavy atom. The zero-order chi connectivity index (χ0) is 14.0. The molecule has 18 heavy (non-hydrogen) atoms. The van der Waals surface area contributed by atoms with Crippen molar-refractivity contribution in [1.82, 2.24) is 5.32 Å². The molecular formula is C12H27NO3S2. The molecule has 0 aromatic carbocycles. The molecule has 0 saturated heterocycles. The Labute approximate surface area is 114 Å². The summed E-state index contributed by atoms with van der Waals surface area (Å²) in [6.45, 7) is 5.35. The zero-order valence-electron chi connectivity index (χ0n) is 11.8. The van der Waals surface area contributed by atoms with E-state index in [1.807, 2.05) is 0 Å². The van der Waals surface area contributed by atoms with Gasteiger partial charge < -0.3 is 5.32 Å². The lowest BCUT2D eigenvalue weighted by Gasteiger charge is -2.12. The maximum Gasteiger partial charge on any atom is 0.148 e. The first-order chi connectivity index (χ1) is 8.35. The van der Waals surface area contributed by atoms with E-state index in [1.54, 1.807) is 0 Å². The van der Waals surface area contributed by atoms with Crippen LogP contribution in [-0.2, 0) is 20.6 Å². The maximum absolute atomic E-state index is 11.5. The van der Waals surface area contributed by atoms with Gasteiger partial charge in [0.1, 0.15) is 9.84 Å². The van der Waals surface area contributed by atoms with Crippen LogP contribution in [0.25, 0.3) is 0 Å². The topological polar surface area (TPSA) is 63.2 Å². The lowest BCUT2D eigenvalue weighted by molar-refractivity contribution is 0.495. The van der Waals surface area contributed by atoms with Crippen LogP contribution in [0, 0.1) is 0 Å². The second-order valence-electron chi connectivity index (χ2n) is 4.83. The van der Waals surface area contributed by atoms with Crippen LogP contribution in [0.4, 0.5) is 0 Å². The van der Waals surface area contributed by atoms with Crippen molar-refractivity contribution in [2.24, 2.45) is 0 Å². The van der Waals surface area contributed by atoms with E-state index in [0.29, 0.717) is 11.8 Å². The number of hydrogen-bond acceptors (Lipinski definition) is 4. The van der Waals surface area contributed by atoms with Crippen molar-refractivity contribution in [2.45, 2.75) is 45.6 Å². The molecule has 0 aromatic rings. The fraction of sp³-hybridized carbons (Fsp3) is 1.00. The Morgan fingerprint density at radius 1 is 1.22 bits per heavy atom. The van der Waals surface area contributed by atoms with E-state index in [9.17, 15) is 12.6 Å². The van der Waals surface area contributed by atoms with E-state index < -0.39 is 20.6 Å². The second-order valence-corrected chi connectivity index (χ2v) is 8.78. The highest BCUT2D eigenvalue weighted by atomic mass is 32.2. The largest absolute Gasteiger partial charge is 0.314 e. The van der Waals surface area contributed by atoms with Gasteiger partial charge in [-0.2, -0.15) is 0 Å². The molecule has 0 aromatic heterocycles. The molecule has 0 radical (unpaired) electrons. The van der Waals surface area contributed by atoms with Crippen LogP contribution < -0.4 is 5.32 Å². The first-order valence-electron chi connectivity index (χ1n) is 6.61. The quantitative estimate of drug-likeness (QED) is 0.585. The van der Waals surface area contributed by atoms with Crippen LogP contribution >= 0.6 is 0 Å². The molecule has 1 N–H and O–H groups in total. The van der Waals surface area contributed by atoms with Gasteiger partial charge in [0.25, 0.3) is 0 Å². The Kier molecular flexibility index (Phi) is 9.95. The molecule has 0 rings (SSSR count). The van der Waals surface area contributed by atoms with Crippen molar-refractivity contribution in [3.05, 3.63) is 0 Å². The molecule has 0 aliphatic heterocycles. The van der Waals surface area contributed by atoms with E-state index >= 15 is 0 Å². The first-order valence-corrected chi connectivity index (χ1v) is 10.2. The highest BCUT2D eigenvalue weighted by Crippen LogP contribution is 2.02. The third kappa shape index (κ3) is 12.5. The SMILES string of the molecule is CCCNC(C)CCCCS(=O)CCS(C)(=O)=O. The Morgan fingerprint density at radius 3 is 2.44 bits per heavy atom. The molecule has 6 heteroatoms. The Balaban J connectivity index is 3.51. The van der Waals surface area contributed by atoms with Crippen molar-refractivity contribution in [3.63, 3.8) is 0 Å². The molecule has 0 spiro atoms. The van der Waals surface area contributed by atoms with Crippen LogP contribution in [0.2, 0.25) is 0 Å². The van der Waals surface area contributed by atoms with Crippen molar-refractivity contribution in [2.75, 3.05) is 30.1 Å². The van der Waals surface area contributed by atoms with Gasteiger partial charge in [-0.05, 0) is 32.7 Å². The predicted octanol–water partition coefficient (Wildman–Crippen LogP) is 1.34. The molecule has 2 atom stereocenters. The molecule has 0 heterocycles. The maximum atomic E-state index is 11.5. The van der Waals surface area contributed by atoms with Gasteiger partial charge in [0.2, 0.25) is 0 Å². The average molecular weight is 297 g/mol. The normalized spacial score (nSPS) is 15.5. The van der Waals surface area contributed by atoms with Crippen molar-refractivity contribution >= 4 is 20.6 Å². The number of unbranched alkanes of at least 4 members (excludes halogenated alkanes) is 1. The molecule has 0 fully saturated rings. The van der Waals surface area contributed by atoms with E-state index in [2.05, 4.69) is 19.2 Å². The highest BCUT2D eigenvalue weighted by molar-refractivity contribution is 7.92. The van der Waals surface area contributed by atoms with Crippen LogP contribution in [0.5, 0.6) is 0 Å². The molecule has 0 amide bonds. The van der Waals surface area contributed by atoms with Gasteiger partial charge in [0.05, 0.1) is 5.75 Å². The van der Waals surface area contributed by atoms with Crippen molar-refractivity contribution in [3.8, 4) is 0 Å². The van der Waals surface area contributed by atoms with Gasteiger partial charge >= 0.3 is 0 Å². The zero-order valence-corrected chi connectivity index (χ0v) is 13.4. The number of nitrogens with one attached hydrogen (secondary N) is 1. The monoisotopic (exact) mass is 297 g/mol. The van der Waals surface area contributed by atoms with E-state index in [1.165, 1.54) is 6.26 Å². The third-order valence-electron chi connectivity index (χ3n) is 2.68. The number of hydrogen-bond donors (Lipinski definition) is 1. The number of rotatable bonds is 11. The van der Waals surface area contributed by atoms with E-state index in [-0.39, 0.29) is 11.5 Å². The predicted molar refractivity (Wildman–Crippen MR) is 79.2 cm³/mol. The average Bonchev–Trinajstić information content (AvgIpc) is 2.28. The third-order valence-corrected chi connectivity index (χ3v) is 5.29. The summed E-state index contributed by atoms with van der Waals surface area (Å²) in [5, 5.41) is 3.41. The Bertz CT molecular complexity index is 328.